The van der Waals surface area contributed by atoms with Crippen LogP contribution >= 0.6 is 0 Å². The minimum absolute atomic E-state index is 0.0316. The van der Waals surface area contributed by atoms with Crippen molar-refractivity contribution in [3.8, 4) is 5.75 Å². The van der Waals surface area contributed by atoms with Crippen molar-refractivity contribution in [2.75, 3.05) is 10.6 Å². The number of hydrogen-bond acceptors (Lipinski definition) is 7. The number of carboxylic acids is 1. The Balaban J connectivity index is 2.19. The lowest BCUT2D eigenvalue weighted by atomic mass is 10.0. The Labute approximate surface area is 173 Å². The van der Waals surface area contributed by atoms with Gasteiger partial charge in [0.05, 0.1) is 18.6 Å². The number of carbonyl (C=O) groups excluding carboxylic acids is 1. The van der Waals surface area contributed by atoms with Crippen LogP contribution < -0.4 is 26.2 Å². The molecule has 0 spiro atoms. The SMILES string of the molecule is CC(C)Oc1c(N[C@@H](CC(=O)O)c2ccc(NC(=O)OC(C)(C)C)cc2)c(=O)c1=O. The van der Waals surface area contributed by atoms with E-state index >= 15 is 0 Å². The van der Waals surface area contributed by atoms with E-state index in [1.54, 1.807) is 58.9 Å². The van der Waals surface area contributed by atoms with Crippen molar-refractivity contribution in [1.82, 2.24) is 0 Å². The van der Waals surface area contributed by atoms with Crippen LogP contribution in [0.1, 0.15) is 52.6 Å². The molecule has 30 heavy (non-hydrogen) atoms. The molecule has 9 heteroatoms. The molecule has 2 aromatic rings. The van der Waals surface area contributed by atoms with Crippen LogP contribution in [0.2, 0.25) is 0 Å². The van der Waals surface area contributed by atoms with Crippen molar-refractivity contribution in [2.24, 2.45) is 0 Å². The van der Waals surface area contributed by atoms with Crippen LogP contribution in [0.3, 0.4) is 0 Å². The monoisotopic (exact) mass is 418 g/mol. The van der Waals surface area contributed by atoms with Crippen LogP contribution in [-0.4, -0.2) is 28.9 Å². The number of carbonyl (C=O) groups is 2. The van der Waals surface area contributed by atoms with Crippen molar-refractivity contribution in [1.29, 1.82) is 0 Å². The van der Waals surface area contributed by atoms with Gasteiger partial charge in [0.15, 0.2) is 5.75 Å². The summed E-state index contributed by atoms with van der Waals surface area (Å²) >= 11 is 0. The lowest BCUT2D eigenvalue weighted by molar-refractivity contribution is -0.137. The zero-order chi connectivity index (χ0) is 22.6. The normalized spacial score (nSPS) is 12.5. The summed E-state index contributed by atoms with van der Waals surface area (Å²) in [6.45, 7) is 8.67. The van der Waals surface area contributed by atoms with Crippen LogP contribution in [0.4, 0.5) is 16.2 Å². The molecule has 2 aromatic carbocycles. The highest BCUT2D eigenvalue weighted by atomic mass is 16.6. The van der Waals surface area contributed by atoms with Crippen LogP contribution in [0.25, 0.3) is 0 Å². The van der Waals surface area contributed by atoms with Gasteiger partial charge < -0.3 is 19.9 Å². The third kappa shape index (κ3) is 6.07. The number of aliphatic carboxylic acids is 1. The molecular weight excluding hydrogens is 392 g/mol. The smallest absolute Gasteiger partial charge is 0.412 e. The van der Waals surface area contributed by atoms with Gasteiger partial charge in [-0.25, -0.2) is 4.79 Å². The number of benzene rings is 1. The molecule has 3 N–H and O–H groups in total. The largest absolute Gasteiger partial charge is 0.485 e. The average Bonchev–Trinajstić information content (AvgIpc) is 2.61. The summed E-state index contributed by atoms with van der Waals surface area (Å²) in [5.74, 6) is -1.18. The molecule has 1 atom stereocenters. The number of carboxylic acid groups (broad SMARTS) is 1. The van der Waals surface area contributed by atoms with Crippen LogP contribution in [0.5, 0.6) is 5.75 Å². The molecule has 0 aliphatic carbocycles. The molecule has 2 rings (SSSR count). The second-order valence-corrected chi connectivity index (χ2v) is 8.07. The highest BCUT2D eigenvalue weighted by Gasteiger charge is 2.27. The zero-order valence-corrected chi connectivity index (χ0v) is 17.6. The molecule has 0 aliphatic heterocycles. The second-order valence-electron chi connectivity index (χ2n) is 8.07. The van der Waals surface area contributed by atoms with Crippen LogP contribution in [0, 0.1) is 0 Å². The molecule has 0 aromatic heterocycles. The van der Waals surface area contributed by atoms with E-state index in [2.05, 4.69) is 10.6 Å². The Kier molecular flexibility index (Phi) is 6.86. The topological polar surface area (TPSA) is 131 Å². The van der Waals surface area contributed by atoms with E-state index in [1.807, 2.05) is 0 Å². The van der Waals surface area contributed by atoms with Gasteiger partial charge in [0.2, 0.25) is 0 Å². The summed E-state index contributed by atoms with van der Waals surface area (Å²) in [6.07, 6.45) is -1.27. The average molecular weight is 418 g/mol. The Hall–Kier alpha value is -3.36. The van der Waals surface area contributed by atoms with E-state index in [-0.39, 0.29) is 24.0 Å². The van der Waals surface area contributed by atoms with E-state index in [4.69, 9.17) is 9.47 Å². The van der Waals surface area contributed by atoms with Gasteiger partial charge in [0.25, 0.3) is 10.9 Å². The van der Waals surface area contributed by atoms with Gasteiger partial charge in [0, 0.05) is 5.69 Å². The van der Waals surface area contributed by atoms with Gasteiger partial charge in [0.1, 0.15) is 11.3 Å². The fourth-order valence-corrected chi connectivity index (χ4v) is 2.67. The number of amides is 1. The molecule has 0 heterocycles. The molecule has 0 saturated carbocycles. The highest BCUT2D eigenvalue weighted by molar-refractivity contribution is 5.84. The summed E-state index contributed by atoms with van der Waals surface area (Å²) in [5.41, 5.74) is -1.15. The molecule has 0 bridgehead atoms. The minimum Gasteiger partial charge on any atom is -0.485 e. The van der Waals surface area contributed by atoms with Gasteiger partial charge >= 0.3 is 12.1 Å². The molecule has 162 valence electrons. The van der Waals surface area contributed by atoms with Gasteiger partial charge in [-0.1, -0.05) is 12.1 Å². The third-order valence-electron chi connectivity index (χ3n) is 3.88. The first-order chi connectivity index (χ1) is 13.9. The van der Waals surface area contributed by atoms with E-state index in [0.717, 1.165) is 0 Å². The van der Waals surface area contributed by atoms with E-state index in [9.17, 15) is 24.3 Å². The summed E-state index contributed by atoms with van der Waals surface area (Å²) < 4.78 is 10.5. The van der Waals surface area contributed by atoms with E-state index in [0.29, 0.717) is 11.3 Å². The third-order valence-corrected chi connectivity index (χ3v) is 3.88. The quantitative estimate of drug-likeness (QED) is 0.558. The first-order valence-corrected chi connectivity index (χ1v) is 9.45. The van der Waals surface area contributed by atoms with E-state index < -0.39 is 34.6 Å². The molecule has 0 radical (unpaired) electrons. The molecule has 0 aliphatic rings. The predicted octanol–water partition coefficient (Wildman–Crippen LogP) is 3.04. The second kappa shape index (κ2) is 8.98. The summed E-state index contributed by atoms with van der Waals surface area (Å²) in [7, 11) is 0. The zero-order valence-electron chi connectivity index (χ0n) is 17.6. The first-order valence-electron chi connectivity index (χ1n) is 9.45. The Morgan fingerprint density at radius 1 is 1.07 bits per heavy atom. The molecule has 0 unspecified atom stereocenters. The maximum absolute atomic E-state index is 11.9. The van der Waals surface area contributed by atoms with Crippen molar-refractivity contribution < 1.29 is 24.2 Å². The minimum atomic E-state index is -1.09. The maximum atomic E-state index is 11.9. The van der Waals surface area contributed by atoms with Gasteiger partial charge in [-0.2, -0.15) is 0 Å². The number of nitrogens with one attached hydrogen (secondary N) is 2. The van der Waals surface area contributed by atoms with Crippen LogP contribution in [-0.2, 0) is 9.53 Å². The van der Waals surface area contributed by atoms with Gasteiger partial charge in [-0.05, 0) is 52.3 Å². The van der Waals surface area contributed by atoms with Crippen molar-refractivity contribution in [2.45, 2.75) is 58.8 Å². The predicted molar refractivity (Wildman–Crippen MR) is 112 cm³/mol. The molecule has 9 nitrogen and oxygen atoms in total. The summed E-state index contributed by atoms with van der Waals surface area (Å²) in [4.78, 5) is 46.9. The Bertz CT molecular complexity index is 980. The first kappa shape index (κ1) is 22.9. The molecule has 1 amide bonds. The number of ether oxygens (including phenoxy) is 2. The fraction of sp³-hybridized carbons (Fsp3) is 0.429. The van der Waals surface area contributed by atoms with Crippen molar-refractivity contribution in [3.63, 3.8) is 0 Å². The van der Waals surface area contributed by atoms with Crippen molar-refractivity contribution >= 4 is 23.4 Å². The molecule has 0 saturated heterocycles. The Morgan fingerprint density at radius 3 is 2.17 bits per heavy atom. The molecule has 0 fully saturated rings. The van der Waals surface area contributed by atoms with Crippen molar-refractivity contribution in [3.05, 3.63) is 50.3 Å². The highest BCUT2D eigenvalue weighted by Crippen LogP contribution is 2.28. The molecular formula is C21H26N2O7. The lowest BCUT2D eigenvalue weighted by Gasteiger charge is -2.23. The number of hydrogen-bond donors (Lipinski definition) is 3. The van der Waals surface area contributed by atoms with Gasteiger partial charge in [-0.15, -0.1) is 0 Å². The van der Waals surface area contributed by atoms with Gasteiger partial charge in [-0.3, -0.25) is 19.7 Å². The fourth-order valence-electron chi connectivity index (χ4n) is 2.67. The Morgan fingerprint density at radius 2 is 1.67 bits per heavy atom. The number of anilines is 2. The van der Waals surface area contributed by atoms with Crippen LogP contribution in [0.15, 0.2) is 33.9 Å². The van der Waals surface area contributed by atoms with E-state index in [1.165, 1.54) is 0 Å². The lowest BCUT2D eigenvalue weighted by Crippen LogP contribution is -2.38. The standard InChI is InChI=1S/C21H26N2O7/c1-11(2)29-19-16(17(26)18(19)27)23-14(10-15(24)25)12-6-8-13(9-7-12)22-20(28)30-21(3,4)5/h6-9,11,14,23H,10H2,1-5H3,(H,22,28)(H,24,25)/t14-/m0/s1. The maximum Gasteiger partial charge on any atom is 0.412 e. The summed E-state index contributed by atoms with van der Waals surface area (Å²) in [6, 6.07) is 5.62. The summed E-state index contributed by atoms with van der Waals surface area (Å²) in [5, 5.41) is 14.7. The number of rotatable bonds is 8.